The summed E-state index contributed by atoms with van der Waals surface area (Å²) in [6.45, 7) is 8.80. The summed E-state index contributed by atoms with van der Waals surface area (Å²) in [5, 5.41) is 1.75. The van der Waals surface area contributed by atoms with Crippen molar-refractivity contribution in [2.75, 3.05) is 6.79 Å². The van der Waals surface area contributed by atoms with Crippen molar-refractivity contribution in [2.45, 2.75) is 45.8 Å². The van der Waals surface area contributed by atoms with Gasteiger partial charge in [0.05, 0.1) is 0 Å². The predicted octanol–water partition coefficient (Wildman–Crippen LogP) is 5.82. The summed E-state index contributed by atoms with van der Waals surface area (Å²) in [7, 11) is -1.57. The van der Waals surface area contributed by atoms with Crippen LogP contribution in [0, 0.1) is 0 Å². The standard InChI is InChI=1S/C16H22Cl2O2Si.Zr/c1-11-5-6-14(17)12(11)9-13-15(18)7-8-16(13)19-10-20-21(2,3)4;/h5,8H,6-7,9-10H2,1-4H3;. The fourth-order valence-corrected chi connectivity index (χ4v) is 3.22. The van der Waals surface area contributed by atoms with Crippen molar-refractivity contribution in [3.63, 3.8) is 0 Å². The van der Waals surface area contributed by atoms with Crippen LogP contribution >= 0.6 is 23.2 Å². The summed E-state index contributed by atoms with van der Waals surface area (Å²) in [6.07, 6.45) is 6.46. The molecule has 0 heterocycles. The van der Waals surface area contributed by atoms with Crippen LogP contribution in [0.1, 0.15) is 26.2 Å². The molecule has 120 valence electrons. The zero-order valence-electron chi connectivity index (χ0n) is 13.6. The quantitative estimate of drug-likeness (QED) is 0.386. The Morgan fingerprint density at radius 3 is 2.18 bits per heavy atom. The molecule has 0 bridgehead atoms. The molecule has 6 heteroatoms. The van der Waals surface area contributed by atoms with Crippen molar-refractivity contribution in [1.29, 1.82) is 0 Å². The van der Waals surface area contributed by atoms with E-state index in [1.54, 1.807) is 0 Å². The third-order valence-corrected chi connectivity index (χ3v) is 5.29. The summed E-state index contributed by atoms with van der Waals surface area (Å²) in [4.78, 5) is 0. The summed E-state index contributed by atoms with van der Waals surface area (Å²) in [5.74, 6) is 0.843. The van der Waals surface area contributed by atoms with Crippen molar-refractivity contribution in [3.8, 4) is 0 Å². The van der Waals surface area contributed by atoms with E-state index in [1.807, 2.05) is 6.08 Å². The van der Waals surface area contributed by atoms with Crippen molar-refractivity contribution >= 4 is 31.5 Å². The number of ether oxygens (including phenoxy) is 1. The zero-order valence-corrected chi connectivity index (χ0v) is 18.5. The first-order valence-electron chi connectivity index (χ1n) is 7.17. The van der Waals surface area contributed by atoms with Crippen LogP contribution in [0.5, 0.6) is 0 Å². The van der Waals surface area contributed by atoms with E-state index in [1.165, 1.54) is 11.1 Å². The zero-order chi connectivity index (χ0) is 15.6. The van der Waals surface area contributed by atoms with Crippen LogP contribution in [0.2, 0.25) is 19.6 Å². The Kier molecular flexibility index (Phi) is 7.88. The molecule has 0 N–H and O–H groups in total. The van der Waals surface area contributed by atoms with Gasteiger partial charge in [0.2, 0.25) is 0 Å². The largest absolute Gasteiger partial charge is 0.469 e. The molecule has 0 amide bonds. The van der Waals surface area contributed by atoms with E-state index in [0.717, 1.165) is 40.7 Å². The van der Waals surface area contributed by atoms with Crippen molar-refractivity contribution in [1.82, 2.24) is 0 Å². The summed E-state index contributed by atoms with van der Waals surface area (Å²) >= 11 is 12.6. The van der Waals surface area contributed by atoms with Gasteiger partial charge in [-0.2, -0.15) is 0 Å². The summed E-state index contributed by atoms with van der Waals surface area (Å²) < 4.78 is 11.5. The molecule has 0 aromatic heterocycles. The topological polar surface area (TPSA) is 18.5 Å². The van der Waals surface area contributed by atoms with E-state index < -0.39 is 8.32 Å². The molecule has 0 aromatic rings. The van der Waals surface area contributed by atoms with Gasteiger partial charge in [0.15, 0.2) is 15.1 Å². The van der Waals surface area contributed by atoms with E-state index in [0.29, 0.717) is 0 Å². The maximum Gasteiger partial charge on any atom is 0.188 e. The van der Waals surface area contributed by atoms with Crippen LogP contribution in [0.15, 0.2) is 44.7 Å². The van der Waals surface area contributed by atoms with E-state index in [-0.39, 0.29) is 33.0 Å². The fraction of sp³-hybridized carbons (Fsp3) is 0.500. The van der Waals surface area contributed by atoms with E-state index in [4.69, 9.17) is 32.4 Å². The molecule has 2 nitrogen and oxygen atoms in total. The van der Waals surface area contributed by atoms with E-state index in [9.17, 15) is 0 Å². The Bertz CT molecular complexity index is 557. The van der Waals surface area contributed by atoms with Crippen molar-refractivity contribution < 1.29 is 35.4 Å². The van der Waals surface area contributed by atoms with Crippen LogP contribution in [-0.4, -0.2) is 15.1 Å². The van der Waals surface area contributed by atoms with Crippen molar-refractivity contribution in [3.05, 3.63) is 44.7 Å². The molecule has 2 aliphatic rings. The smallest absolute Gasteiger partial charge is 0.188 e. The van der Waals surface area contributed by atoms with Gasteiger partial charge >= 0.3 is 0 Å². The van der Waals surface area contributed by atoms with Gasteiger partial charge < -0.3 is 9.16 Å². The Labute approximate surface area is 163 Å². The van der Waals surface area contributed by atoms with Gasteiger partial charge in [-0.3, -0.25) is 0 Å². The second-order valence-corrected chi connectivity index (χ2v) is 11.8. The molecule has 0 saturated carbocycles. The molecular weight excluding hydrogens is 414 g/mol. The van der Waals surface area contributed by atoms with Gasteiger partial charge in [0, 0.05) is 61.1 Å². The molecule has 0 aromatic carbocycles. The monoisotopic (exact) mass is 434 g/mol. The van der Waals surface area contributed by atoms with Crippen LogP contribution in [0.3, 0.4) is 0 Å². The first kappa shape index (κ1) is 20.4. The number of rotatable bonds is 6. The molecule has 0 radical (unpaired) electrons. The normalized spacial score (nSPS) is 18.5. The minimum Gasteiger partial charge on any atom is -0.469 e. The summed E-state index contributed by atoms with van der Waals surface area (Å²) in [6, 6.07) is 0. The Morgan fingerprint density at radius 2 is 1.64 bits per heavy atom. The minimum atomic E-state index is -1.57. The van der Waals surface area contributed by atoms with Gasteiger partial charge in [-0.15, -0.1) is 0 Å². The predicted molar refractivity (Wildman–Crippen MR) is 91.8 cm³/mol. The first-order valence-corrected chi connectivity index (χ1v) is 11.3. The van der Waals surface area contributed by atoms with Crippen molar-refractivity contribution in [2.24, 2.45) is 0 Å². The average Bonchev–Trinajstić information content (AvgIpc) is 2.87. The van der Waals surface area contributed by atoms with Crippen LogP contribution in [0.4, 0.5) is 0 Å². The molecular formula is C16H22Cl2O2SiZr. The van der Waals surface area contributed by atoms with Crippen LogP contribution in [0.25, 0.3) is 0 Å². The fourth-order valence-electron chi connectivity index (χ4n) is 2.28. The van der Waals surface area contributed by atoms with Gasteiger partial charge in [-0.05, 0) is 38.2 Å². The average molecular weight is 437 g/mol. The van der Waals surface area contributed by atoms with Gasteiger partial charge in [-0.1, -0.05) is 34.9 Å². The second kappa shape index (κ2) is 8.48. The van der Waals surface area contributed by atoms with Crippen LogP contribution in [-0.2, 0) is 35.4 Å². The molecule has 0 atom stereocenters. The molecule has 0 unspecified atom stereocenters. The maximum atomic E-state index is 6.35. The SMILES string of the molecule is CC1=CCC(Cl)=C1CC1=C(Cl)CC=C1OCO[Si](C)(C)C.[Zr]. The van der Waals surface area contributed by atoms with Gasteiger partial charge in [-0.25, -0.2) is 0 Å². The van der Waals surface area contributed by atoms with Gasteiger partial charge in [0.1, 0.15) is 5.76 Å². The third-order valence-electron chi connectivity index (χ3n) is 3.54. The molecule has 0 aliphatic heterocycles. The number of allylic oxidation sites excluding steroid dienone is 7. The van der Waals surface area contributed by atoms with Crippen LogP contribution < -0.4 is 0 Å². The Hall–Kier alpha value is 0.400. The Balaban J connectivity index is 0.00000242. The summed E-state index contributed by atoms with van der Waals surface area (Å²) in [5.41, 5.74) is 3.45. The number of halogens is 2. The minimum absolute atomic E-state index is 0. The molecule has 0 saturated heterocycles. The first-order chi connectivity index (χ1) is 9.78. The number of hydrogen-bond donors (Lipinski definition) is 0. The second-order valence-electron chi connectivity index (χ2n) is 6.33. The van der Waals surface area contributed by atoms with E-state index in [2.05, 4.69) is 32.6 Å². The molecule has 22 heavy (non-hydrogen) atoms. The molecule has 0 spiro atoms. The molecule has 2 aliphatic carbocycles. The third kappa shape index (κ3) is 5.49. The molecule has 2 rings (SSSR count). The van der Waals surface area contributed by atoms with E-state index >= 15 is 0 Å². The maximum absolute atomic E-state index is 6.35. The number of hydrogen-bond acceptors (Lipinski definition) is 2. The van der Waals surface area contributed by atoms with Gasteiger partial charge in [0.25, 0.3) is 0 Å². The molecule has 0 fully saturated rings. The Morgan fingerprint density at radius 1 is 1.05 bits per heavy atom.